The van der Waals surface area contributed by atoms with Gasteiger partial charge in [-0.1, -0.05) is 37.3 Å². The van der Waals surface area contributed by atoms with Gasteiger partial charge >= 0.3 is 0 Å². The lowest BCUT2D eigenvalue weighted by Crippen LogP contribution is -2.41. The molecule has 1 aromatic heterocycles. The quantitative estimate of drug-likeness (QED) is 0.858. The maximum atomic E-state index is 12.0. The molecule has 4 heteroatoms. The highest BCUT2D eigenvalue weighted by atomic mass is 32.1. The summed E-state index contributed by atoms with van der Waals surface area (Å²) in [5.41, 5.74) is 7.02. The molecule has 1 heterocycles. The summed E-state index contributed by atoms with van der Waals surface area (Å²) in [4.78, 5) is 14.5. The summed E-state index contributed by atoms with van der Waals surface area (Å²) >= 11 is 1.74. The average Bonchev–Trinajstić information content (AvgIpc) is 2.93. The lowest BCUT2D eigenvalue weighted by atomic mass is 10.1. The van der Waals surface area contributed by atoms with Gasteiger partial charge in [-0.15, -0.1) is 11.3 Å². The molecule has 1 amide bonds. The van der Waals surface area contributed by atoms with Crippen LogP contribution in [0.2, 0.25) is 0 Å². The minimum Gasteiger partial charge on any atom is -0.350 e. The van der Waals surface area contributed by atoms with Crippen LogP contribution in [-0.4, -0.2) is 11.9 Å². The molecule has 2 rings (SSSR count). The first-order chi connectivity index (χ1) is 9.69. The maximum absolute atomic E-state index is 12.0. The Morgan fingerprint density at radius 2 is 1.90 bits per heavy atom. The molecule has 0 saturated carbocycles. The molecule has 0 bridgehead atoms. The Morgan fingerprint density at radius 3 is 2.55 bits per heavy atom. The zero-order valence-electron chi connectivity index (χ0n) is 11.6. The number of nitrogens with one attached hydrogen (secondary N) is 1. The van der Waals surface area contributed by atoms with Crippen molar-refractivity contribution in [3.63, 3.8) is 0 Å². The van der Waals surface area contributed by atoms with Gasteiger partial charge in [-0.3, -0.25) is 4.79 Å². The van der Waals surface area contributed by atoms with Crippen LogP contribution in [0.3, 0.4) is 0 Å². The van der Waals surface area contributed by atoms with Gasteiger partial charge in [0, 0.05) is 9.75 Å². The number of carbonyl (C=O) groups is 1. The summed E-state index contributed by atoms with van der Waals surface area (Å²) in [7, 11) is 0. The van der Waals surface area contributed by atoms with E-state index < -0.39 is 6.04 Å². The smallest absolute Gasteiger partial charge is 0.237 e. The number of aryl methyl sites for hydroxylation is 1. The van der Waals surface area contributed by atoms with Crippen molar-refractivity contribution in [2.24, 2.45) is 5.73 Å². The summed E-state index contributed by atoms with van der Waals surface area (Å²) in [6.07, 6.45) is 1.60. The van der Waals surface area contributed by atoms with Crippen LogP contribution in [0.1, 0.15) is 22.2 Å². The van der Waals surface area contributed by atoms with Crippen LogP contribution in [0.25, 0.3) is 0 Å². The van der Waals surface area contributed by atoms with Gasteiger partial charge in [-0.25, -0.2) is 0 Å². The summed E-state index contributed by atoms with van der Waals surface area (Å²) in [5.74, 6) is -0.0969. The van der Waals surface area contributed by atoms with Gasteiger partial charge < -0.3 is 11.1 Å². The van der Waals surface area contributed by atoms with Gasteiger partial charge in [0.25, 0.3) is 0 Å². The fraction of sp³-hybridized carbons (Fsp3) is 0.312. The maximum Gasteiger partial charge on any atom is 0.237 e. The second-order valence-corrected chi connectivity index (χ2v) is 5.99. The van der Waals surface area contributed by atoms with Gasteiger partial charge in [0.2, 0.25) is 5.91 Å². The number of hydrogen-bond acceptors (Lipinski definition) is 3. The molecule has 1 aromatic carbocycles. The molecule has 0 aliphatic carbocycles. The highest BCUT2D eigenvalue weighted by Crippen LogP contribution is 2.16. The van der Waals surface area contributed by atoms with Gasteiger partial charge in [-0.2, -0.15) is 0 Å². The minimum absolute atomic E-state index is 0.0969. The van der Waals surface area contributed by atoms with Crippen molar-refractivity contribution in [3.8, 4) is 0 Å². The monoisotopic (exact) mass is 288 g/mol. The first kappa shape index (κ1) is 14.8. The molecule has 1 atom stereocenters. The van der Waals surface area contributed by atoms with Crippen molar-refractivity contribution in [2.75, 3.05) is 0 Å². The predicted molar refractivity (Wildman–Crippen MR) is 83.7 cm³/mol. The number of carbonyl (C=O) groups excluding carboxylic acids is 1. The van der Waals surface area contributed by atoms with E-state index in [1.165, 1.54) is 9.75 Å². The number of hydrogen-bond donors (Lipinski definition) is 2. The summed E-state index contributed by atoms with van der Waals surface area (Å²) in [6.45, 7) is 2.69. The van der Waals surface area contributed by atoms with E-state index in [1.54, 1.807) is 11.3 Å². The molecule has 3 N–H and O–H groups in total. The van der Waals surface area contributed by atoms with Gasteiger partial charge in [0.05, 0.1) is 12.6 Å². The van der Waals surface area contributed by atoms with Crippen LogP contribution >= 0.6 is 11.3 Å². The van der Waals surface area contributed by atoms with Crippen LogP contribution in [0.4, 0.5) is 0 Å². The molecule has 2 aromatic rings. The molecule has 3 nitrogen and oxygen atoms in total. The standard InChI is InChI=1S/C16H20N2OS/c1-2-13-8-9-14(20-13)11-18-16(19)15(17)10-12-6-4-3-5-7-12/h3-9,15H,2,10-11,17H2,1H3,(H,18,19). The van der Waals surface area contributed by atoms with Gasteiger partial charge in [0.15, 0.2) is 0 Å². The predicted octanol–water partition coefficient (Wildman–Crippen LogP) is 2.50. The first-order valence-electron chi connectivity index (χ1n) is 6.84. The Bertz CT molecular complexity index is 551. The van der Waals surface area contributed by atoms with Crippen LogP contribution in [-0.2, 0) is 24.2 Å². The molecule has 0 spiro atoms. The van der Waals surface area contributed by atoms with Crippen LogP contribution in [0, 0.1) is 0 Å². The van der Waals surface area contributed by atoms with E-state index in [0.29, 0.717) is 13.0 Å². The summed E-state index contributed by atoms with van der Waals surface area (Å²) in [6, 6.07) is 13.5. The van der Waals surface area contributed by atoms with E-state index in [9.17, 15) is 4.79 Å². The highest BCUT2D eigenvalue weighted by molar-refractivity contribution is 7.11. The fourth-order valence-corrected chi connectivity index (χ4v) is 2.87. The van der Waals surface area contributed by atoms with Crippen molar-refractivity contribution >= 4 is 17.2 Å². The molecule has 0 aliphatic heterocycles. The average molecular weight is 288 g/mol. The number of benzene rings is 1. The van der Waals surface area contributed by atoms with Crippen LogP contribution < -0.4 is 11.1 Å². The molecule has 1 unspecified atom stereocenters. The third-order valence-electron chi connectivity index (χ3n) is 3.14. The van der Waals surface area contributed by atoms with Crippen LogP contribution in [0.15, 0.2) is 42.5 Å². The zero-order chi connectivity index (χ0) is 14.4. The van der Waals surface area contributed by atoms with E-state index in [0.717, 1.165) is 12.0 Å². The lowest BCUT2D eigenvalue weighted by Gasteiger charge is -2.11. The number of nitrogens with two attached hydrogens (primary N) is 1. The lowest BCUT2D eigenvalue weighted by molar-refractivity contribution is -0.122. The highest BCUT2D eigenvalue weighted by Gasteiger charge is 2.13. The van der Waals surface area contributed by atoms with Gasteiger partial charge in [0.1, 0.15) is 0 Å². The Labute approximate surface area is 123 Å². The normalized spacial score (nSPS) is 12.1. The Morgan fingerprint density at radius 1 is 1.20 bits per heavy atom. The third-order valence-corrected chi connectivity index (χ3v) is 4.37. The Balaban J connectivity index is 1.82. The largest absolute Gasteiger partial charge is 0.350 e. The molecule has 0 saturated heterocycles. The van der Waals surface area contributed by atoms with Crippen molar-refractivity contribution in [3.05, 3.63) is 57.8 Å². The van der Waals surface area contributed by atoms with E-state index >= 15 is 0 Å². The number of rotatable bonds is 6. The van der Waals surface area contributed by atoms with E-state index in [1.807, 2.05) is 30.3 Å². The topological polar surface area (TPSA) is 55.1 Å². The molecule has 0 fully saturated rings. The zero-order valence-corrected chi connectivity index (χ0v) is 12.5. The van der Waals surface area contributed by atoms with E-state index in [2.05, 4.69) is 24.4 Å². The molecular formula is C16H20N2OS. The Kier molecular flexibility index (Phi) is 5.32. The SMILES string of the molecule is CCc1ccc(CNC(=O)C(N)Cc2ccccc2)s1. The third kappa shape index (κ3) is 4.18. The molecular weight excluding hydrogens is 268 g/mol. The van der Waals surface area contributed by atoms with E-state index in [-0.39, 0.29) is 5.91 Å². The molecule has 0 aliphatic rings. The second-order valence-electron chi connectivity index (χ2n) is 4.74. The molecule has 106 valence electrons. The number of thiophene rings is 1. The molecule has 20 heavy (non-hydrogen) atoms. The van der Waals surface area contributed by atoms with Crippen molar-refractivity contribution in [1.29, 1.82) is 0 Å². The number of amides is 1. The van der Waals surface area contributed by atoms with Crippen LogP contribution in [0.5, 0.6) is 0 Å². The summed E-state index contributed by atoms with van der Waals surface area (Å²) < 4.78 is 0. The molecule has 0 radical (unpaired) electrons. The second kappa shape index (κ2) is 7.22. The Hall–Kier alpha value is -1.65. The first-order valence-corrected chi connectivity index (χ1v) is 7.65. The van der Waals surface area contributed by atoms with Crippen molar-refractivity contribution in [2.45, 2.75) is 32.4 Å². The van der Waals surface area contributed by atoms with Gasteiger partial charge in [-0.05, 0) is 30.5 Å². The van der Waals surface area contributed by atoms with E-state index in [4.69, 9.17) is 5.73 Å². The minimum atomic E-state index is -0.497. The van der Waals surface area contributed by atoms with Crippen molar-refractivity contribution < 1.29 is 4.79 Å². The summed E-state index contributed by atoms with van der Waals surface area (Å²) in [5, 5.41) is 2.90. The van der Waals surface area contributed by atoms with Crippen molar-refractivity contribution in [1.82, 2.24) is 5.32 Å². The fourth-order valence-electron chi connectivity index (χ4n) is 1.97.